The Hall–Kier alpha value is -2.60. The molecule has 4 rings (SSSR count). The molecule has 0 spiro atoms. The van der Waals surface area contributed by atoms with Gasteiger partial charge < -0.3 is 20.3 Å². The predicted octanol–water partition coefficient (Wildman–Crippen LogP) is 3.69. The number of hydrogen-bond donors (Lipinski definition) is 2. The van der Waals surface area contributed by atoms with Gasteiger partial charge in [-0.25, -0.2) is 9.18 Å². The van der Waals surface area contributed by atoms with Crippen molar-refractivity contribution in [1.82, 2.24) is 5.32 Å². The van der Waals surface area contributed by atoms with Crippen molar-refractivity contribution in [3.8, 4) is 0 Å². The van der Waals surface area contributed by atoms with Crippen LogP contribution in [0.3, 0.4) is 0 Å². The Bertz CT molecular complexity index is 847. The quantitative estimate of drug-likeness (QED) is 0.847. The topological polar surface area (TPSA) is 53.6 Å². The van der Waals surface area contributed by atoms with Crippen LogP contribution in [0.2, 0.25) is 0 Å². The molecule has 1 saturated heterocycles. The van der Waals surface area contributed by atoms with Crippen LogP contribution < -0.4 is 15.5 Å². The highest BCUT2D eigenvalue weighted by atomic mass is 19.1. The number of fused-ring (bicyclic) bond motifs is 1. The number of urea groups is 1. The third-order valence-corrected chi connectivity index (χ3v) is 5.96. The van der Waals surface area contributed by atoms with E-state index in [0.29, 0.717) is 19.8 Å². The number of carbonyl (C=O) groups is 1. The third kappa shape index (κ3) is 3.83. The SMILES string of the molecule is CN1CCc2ccc(NC(=O)NCC3(c4ccc(F)cc4)CCOCC3)cc21. The molecule has 2 amide bonds. The first-order valence-electron chi connectivity index (χ1n) is 9.78. The molecule has 2 aromatic rings. The lowest BCUT2D eigenvalue weighted by molar-refractivity contribution is 0.0508. The first kappa shape index (κ1) is 18.7. The molecule has 1 fully saturated rings. The van der Waals surface area contributed by atoms with Gasteiger partial charge in [0.2, 0.25) is 0 Å². The van der Waals surface area contributed by atoms with E-state index in [4.69, 9.17) is 4.74 Å². The first-order chi connectivity index (χ1) is 13.6. The molecule has 0 saturated carbocycles. The van der Waals surface area contributed by atoms with E-state index < -0.39 is 0 Å². The maximum atomic E-state index is 13.3. The summed E-state index contributed by atoms with van der Waals surface area (Å²) in [6.07, 6.45) is 2.63. The van der Waals surface area contributed by atoms with Crippen molar-refractivity contribution in [2.45, 2.75) is 24.7 Å². The number of nitrogens with one attached hydrogen (secondary N) is 2. The van der Waals surface area contributed by atoms with E-state index in [9.17, 15) is 9.18 Å². The lowest BCUT2D eigenvalue weighted by atomic mass is 9.74. The fourth-order valence-electron chi connectivity index (χ4n) is 4.17. The number of carbonyl (C=O) groups excluding carboxylic acids is 1. The van der Waals surface area contributed by atoms with Crippen LogP contribution >= 0.6 is 0 Å². The van der Waals surface area contributed by atoms with Gasteiger partial charge in [-0.3, -0.25) is 0 Å². The number of hydrogen-bond acceptors (Lipinski definition) is 3. The van der Waals surface area contributed by atoms with Gasteiger partial charge in [0.25, 0.3) is 0 Å². The van der Waals surface area contributed by atoms with E-state index in [0.717, 1.165) is 37.1 Å². The number of rotatable bonds is 4. The van der Waals surface area contributed by atoms with Gasteiger partial charge in [-0.2, -0.15) is 0 Å². The van der Waals surface area contributed by atoms with Gasteiger partial charge in [-0.1, -0.05) is 18.2 Å². The molecule has 0 radical (unpaired) electrons. The van der Waals surface area contributed by atoms with Crippen molar-refractivity contribution in [1.29, 1.82) is 0 Å². The third-order valence-electron chi connectivity index (χ3n) is 5.96. The van der Waals surface area contributed by atoms with E-state index in [2.05, 4.69) is 28.6 Å². The molecule has 2 aliphatic heterocycles. The second kappa shape index (κ2) is 7.80. The van der Waals surface area contributed by atoms with E-state index in [-0.39, 0.29) is 17.3 Å². The van der Waals surface area contributed by atoms with E-state index in [1.807, 2.05) is 24.3 Å². The molecule has 6 heteroatoms. The summed E-state index contributed by atoms with van der Waals surface area (Å²) in [6, 6.07) is 12.4. The summed E-state index contributed by atoms with van der Waals surface area (Å²) in [5, 5.41) is 5.96. The van der Waals surface area contributed by atoms with Crippen molar-refractivity contribution in [3.05, 3.63) is 59.4 Å². The standard InChI is InChI=1S/C22H26FN3O2/c1-26-11-8-16-2-7-19(14-20(16)26)25-21(27)24-15-22(9-12-28-13-10-22)17-3-5-18(23)6-4-17/h2-7,14H,8-13,15H2,1H3,(H2,24,25,27). The maximum absolute atomic E-state index is 13.3. The Morgan fingerprint density at radius 1 is 1.18 bits per heavy atom. The number of anilines is 2. The Kier molecular flexibility index (Phi) is 5.22. The fraction of sp³-hybridized carbons (Fsp3) is 0.409. The fourth-order valence-corrected chi connectivity index (χ4v) is 4.17. The molecule has 28 heavy (non-hydrogen) atoms. The molecule has 0 unspecified atom stereocenters. The smallest absolute Gasteiger partial charge is 0.319 e. The van der Waals surface area contributed by atoms with Crippen LogP contribution in [0, 0.1) is 5.82 Å². The van der Waals surface area contributed by atoms with Gasteiger partial charge in [0.05, 0.1) is 0 Å². The minimum absolute atomic E-state index is 0.228. The minimum Gasteiger partial charge on any atom is -0.381 e. The lowest BCUT2D eigenvalue weighted by Gasteiger charge is -2.38. The van der Waals surface area contributed by atoms with Crippen LogP contribution in [0.25, 0.3) is 0 Å². The molecule has 148 valence electrons. The van der Waals surface area contributed by atoms with E-state index in [1.54, 1.807) is 0 Å². The van der Waals surface area contributed by atoms with Crippen LogP contribution in [0.15, 0.2) is 42.5 Å². The average molecular weight is 383 g/mol. The Labute approximate surface area is 164 Å². The highest BCUT2D eigenvalue weighted by Gasteiger charge is 2.35. The molecule has 2 N–H and O–H groups in total. The van der Waals surface area contributed by atoms with Crippen LogP contribution in [0.1, 0.15) is 24.0 Å². The van der Waals surface area contributed by atoms with Crippen LogP contribution in [0.5, 0.6) is 0 Å². The second-order valence-corrected chi connectivity index (χ2v) is 7.72. The number of nitrogens with zero attached hydrogens (tertiary/aromatic N) is 1. The van der Waals surface area contributed by atoms with Gasteiger partial charge >= 0.3 is 6.03 Å². The summed E-state index contributed by atoms with van der Waals surface area (Å²) in [4.78, 5) is 14.7. The van der Waals surface area contributed by atoms with Crippen LogP contribution in [0.4, 0.5) is 20.6 Å². The Morgan fingerprint density at radius 2 is 1.93 bits per heavy atom. The lowest BCUT2D eigenvalue weighted by Crippen LogP contribution is -2.45. The van der Waals surface area contributed by atoms with Gasteiger partial charge in [-0.15, -0.1) is 0 Å². The zero-order valence-corrected chi connectivity index (χ0v) is 16.1. The van der Waals surface area contributed by atoms with Crippen LogP contribution in [-0.4, -0.2) is 39.4 Å². The second-order valence-electron chi connectivity index (χ2n) is 7.72. The molecule has 2 aliphatic rings. The highest BCUT2D eigenvalue weighted by molar-refractivity contribution is 5.90. The van der Waals surface area contributed by atoms with Crippen molar-refractivity contribution < 1.29 is 13.9 Å². The molecule has 0 aliphatic carbocycles. The van der Waals surface area contributed by atoms with Crippen LogP contribution in [-0.2, 0) is 16.6 Å². The normalized spacial score (nSPS) is 17.9. The van der Waals surface area contributed by atoms with Gasteiger partial charge in [0.1, 0.15) is 5.82 Å². The summed E-state index contributed by atoms with van der Waals surface area (Å²) >= 11 is 0. The number of likely N-dealkylation sites (N-methyl/N-ethyl adjacent to an activating group) is 1. The summed E-state index contributed by atoms with van der Waals surface area (Å²) in [5.74, 6) is -0.252. The minimum atomic E-state index is -0.252. The van der Waals surface area contributed by atoms with Crippen molar-refractivity contribution >= 4 is 17.4 Å². The molecule has 2 heterocycles. The van der Waals surface area contributed by atoms with Gasteiger partial charge in [0.15, 0.2) is 0 Å². The summed E-state index contributed by atoms with van der Waals surface area (Å²) in [5.41, 5.74) is 4.07. The van der Waals surface area contributed by atoms with Crippen molar-refractivity contribution in [2.75, 3.05) is 43.6 Å². The molecular weight excluding hydrogens is 357 g/mol. The number of amides is 2. The average Bonchev–Trinajstić information content (AvgIpc) is 3.08. The monoisotopic (exact) mass is 383 g/mol. The molecular formula is C22H26FN3O2. The molecule has 0 bridgehead atoms. The predicted molar refractivity (Wildman–Crippen MR) is 109 cm³/mol. The zero-order valence-electron chi connectivity index (χ0n) is 16.1. The van der Waals surface area contributed by atoms with Crippen molar-refractivity contribution in [2.24, 2.45) is 0 Å². The number of benzene rings is 2. The molecule has 0 atom stereocenters. The largest absolute Gasteiger partial charge is 0.381 e. The molecule has 5 nitrogen and oxygen atoms in total. The maximum Gasteiger partial charge on any atom is 0.319 e. The summed E-state index contributed by atoms with van der Waals surface area (Å²) in [6.45, 7) is 2.77. The Morgan fingerprint density at radius 3 is 2.68 bits per heavy atom. The zero-order chi connectivity index (χ0) is 19.6. The Balaban J connectivity index is 1.43. The summed E-state index contributed by atoms with van der Waals surface area (Å²) < 4.78 is 18.9. The van der Waals surface area contributed by atoms with E-state index >= 15 is 0 Å². The van der Waals surface area contributed by atoms with Crippen molar-refractivity contribution in [3.63, 3.8) is 0 Å². The highest BCUT2D eigenvalue weighted by Crippen LogP contribution is 2.34. The molecule has 2 aromatic carbocycles. The van der Waals surface area contributed by atoms with Gasteiger partial charge in [-0.05, 0) is 54.7 Å². The molecule has 0 aromatic heterocycles. The van der Waals surface area contributed by atoms with E-state index in [1.165, 1.54) is 23.4 Å². The van der Waals surface area contributed by atoms with Gasteiger partial charge in [0, 0.05) is 50.1 Å². The first-order valence-corrected chi connectivity index (χ1v) is 9.78. The number of halogens is 1. The summed E-state index contributed by atoms with van der Waals surface area (Å²) in [7, 11) is 2.06. The number of ether oxygens (including phenoxy) is 1.